The van der Waals surface area contributed by atoms with Crippen molar-refractivity contribution < 1.29 is 24.2 Å². The lowest BCUT2D eigenvalue weighted by molar-refractivity contribution is -0.124. The molecule has 0 saturated carbocycles. The largest absolute Gasteiger partial charge is 0.476 e. The van der Waals surface area contributed by atoms with Crippen LogP contribution in [0.2, 0.25) is 0 Å². The molecule has 0 bridgehead atoms. The van der Waals surface area contributed by atoms with E-state index in [1.165, 1.54) is 10.9 Å². The molecule has 2 amide bonds. The molecule has 1 aliphatic rings. The van der Waals surface area contributed by atoms with E-state index < -0.39 is 17.5 Å². The predicted molar refractivity (Wildman–Crippen MR) is 130 cm³/mol. The fourth-order valence-electron chi connectivity index (χ4n) is 4.27. The molecule has 182 valence electrons. The fraction of sp³-hybridized carbons (Fsp3) is 0.308. The first-order valence-electron chi connectivity index (χ1n) is 11.3. The summed E-state index contributed by atoms with van der Waals surface area (Å²) in [6.07, 6.45) is 1.21. The summed E-state index contributed by atoms with van der Waals surface area (Å²) in [5, 5.41) is 18.4. The van der Waals surface area contributed by atoms with E-state index >= 15 is 0 Å². The number of alkyl carbamates (subject to hydrolysis) is 1. The molecule has 2 aromatic carbocycles. The number of benzene rings is 2. The summed E-state index contributed by atoms with van der Waals surface area (Å²) in [5.74, 6) is -1.63. The maximum atomic E-state index is 12.7. The van der Waals surface area contributed by atoms with Crippen molar-refractivity contribution in [1.29, 1.82) is 0 Å². The molecule has 4 rings (SSSR count). The number of aromatic nitrogens is 2. The summed E-state index contributed by atoms with van der Waals surface area (Å²) >= 11 is 0. The highest BCUT2D eigenvalue weighted by Crippen LogP contribution is 2.44. The van der Waals surface area contributed by atoms with Gasteiger partial charge in [0.25, 0.3) is 0 Å². The van der Waals surface area contributed by atoms with Crippen molar-refractivity contribution in [1.82, 2.24) is 15.1 Å². The highest BCUT2D eigenvalue weighted by atomic mass is 16.5. The van der Waals surface area contributed by atoms with Gasteiger partial charge in [0.1, 0.15) is 6.61 Å². The minimum absolute atomic E-state index is 0.0294. The first kappa shape index (κ1) is 24.0. The van der Waals surface area contributed by atoms with Crippen molar-refractivity contribution in [2.24, 2.45) is 12.5 Å². The Morgan fingerprint density at radius 1 is 1.06 bits per heavy atom. The lowest BCUT2D eigenvalue weighted by Crippen LogP contribution is -2.36. The molecule has 1 aliphatic carbocycles. The van der Waals surface area contributed by atoms with Gasteiger partial charge in [-0.05, 0) is 28.7 Å². The van der Waals surface area contributed by atoms with Crippen LogP contribution < -0.4 is 10.6 Å². The van der Waals surface area contributed by atoms with Gasteiger partial charge >= 0.3 is 12.1 Å². The Bertz CT molecular complexity index is 1230. The second-order valence-corrected chi connectivity index (χ2v) is 9.21. The number of carboxylic acid groups (broad SMARTS) is 1. The number of fused-ring (bicyclic) bond motifs is 3. The Balaban J connectivity index is 1.29. The minimum atomic E-state index is -1.23. The van der Waals surface area contributed by atoms with E-state index in [2.05, 4.69) is 40.0 Å². The van der Waals surface area contributed by atoms with Crippen LogP contribution in [0.5, 0.6) is 0 Å². The van der Waals surface area contributed by atoms with Crippen molar-refractivity contribution in [3.8, 4) is 11.1 Å². The van der Waals surface area contributed by atoms with Crippen molar-refractivity contribution in [2.75, 3.05) is 18.5 Å². The van der Waals surface area contributed by atoms with Gasteiger partial charge in [-0.25, -0.2) is 9.59 Å². The summed E-state index contributed by atoms with van der Waals surface area (Å²) in [6, 6.07) is 16.2. The maximum Gasteiger partial charge on any atom is 0.407 e. The van der Waals surface area contributed by atoms with Gasteiger partial charge < -0.3 is 20.5 Å². The van der Waals surface area contributed by atoms with Crippen LogP contribution in [0.15, 0.2) is 54.7 Å². The molecule has 0 aliphatic heterocycles. The standard InChI is InChI=1S/C26H28N4O5/c1-26(2,24(33)28-21-14-30(3)29-22(21)23(31)32)12-13-27-25(34)35-15-20-18-10-6-4-8-16(18)17-9-5-7-11-19(17)20/h4-11,14,20H,12-13,15H2,1-3H3,(H,27,34)(H,28,33)(H,31,32). The lowest BCUT2D eigenvalue weighted by atomic mass is 9.88. The molecular weight excluding hydrogens is 448 g/mol. The summed E-state index contributed by atoms with van der Waals surface area (Å²) < 4.78 is 6.85. The van der Waals surface area contributed by atoms with Gasteiger partial charge in [-0.15, -0.1) is 0 Å². The number of aromatic carboxylic acids is 1. The highest BCUT2D eigenvalue weighted by molar-refractivity contribution is 6.00. The van der Waals surface area contributed by atoms with Crippen LogP contribution in [0.1, 0.15) is 47.8 Å². The zero-order valence-corrected chi connectivity index (χ0v) is 19.9. The summed E-state index contributed by atoms with van der Waals surface area (Å²) in [4.78, 5) is 36.4. The second kappa shape index (κ2) is 9.61. The number of carbonyl (C=O) groups excluding carboxylic acids is 2. The number of carboxylic acids is 1. The number of hydrogen-bond acceptors (Lipinski definition) is 5. The lowest BCUT2D eigenvalue weighted by Gasteiger charge is -2.23. The SMILES string of the molecule is Cn1cc(NC(=O)C(C)(C)CCNC(=O)OCC2c3ccccc3-c3ccccc32)c(C(=O)O)n1. The first-order chi connectivity index (χ1) is 16.7. The van der Waals surface area contributed by atoms with Crippen molar-refractivity contribution >= 4 is 23.7 Å². The van der Waals surface area contributed by atoms with E-state index in [9.17, 15) is 19.5 Å². The Kier molecular flexibility index (Phi) is 6.59. The molecule has 0 fully saturated rings. The van der Waals surface area contributed by atoms with Gasteiger partial charge in [0.2, 0.25) is 5.91 Å². The van der Waals surface area contributed by atoms with E-state index in [1.54, 1.807) is 20.9 Å². The van der Waals surface area contributed by atoms with Crippen LogP contribution in [0.3, 0.4) is 0 Å². The molecule has 3 aromatic rings. The van der Waals surface area contributed by atoms with E-state index in [0.29, 0.717) is 6.42 Å². The number of nitrogens with zero attached hydrogens (tertiary/aromatic N) is 2. The van der Waals surface area contributed by atoms with Crippen LogP contribution >= 0.6 is 0 Å². The number of amides is 2. The molecule has 9 heteroatoms. The fourth-order valence-corrected chi connectivity index (χ4v) is 4.27. The number of hydrogen-bond donors (Lipinski definition) is 3. The van der Waals surface area contributed by atoms with Crippen molar-refractivity contribution in [3.63, 3.8) is 0 Å². The minimum Gasteiger partial charge on any atom is -0.476 e. The van der Waals surface area contributed by atoms with E-state index in [1.807, 2.05) is 24.3 Å². The topological polar surface area (TPSA) is 123 Å². The van der Waals surface area contributed by atoms with Crippen LogP contribution in [-0.2, 0) is 16.6 Å². The third-order valence-electron chi connectivity index (χ3n) is 6.26. The van der Waals surface area contributed by atoms with E-state index in [0.717, 1.165) is 22.3 Å². The highest BCUT2D eigenvalue weighted by Gasteiger charge is 2.31. The molecule has 0 spiro atoms. The van der Waals surface area contributed by atoms with Crippen molar-refractivity contribution in [3.05, 3.63) is 71.5 Å². The second-order valence-electron chi connectivity index (χ2n) is 9.21. The quantitative estimate of drug-likeness (QED) is 0.451. The first-order valence-corrected chi connectivity index (χ1v) is 11.3. The molecule has 0 saturated heterocycles. The monoisotopic (exact) mass is 476 g/mol. The summed E-state index contributed by atoms with van der Waals surface area (Å²) in [5.41, 5.74) is 3.61. The zero-order chi connectivity index (χ0) is 25.2. The Hall–Kier alpha value is -4.14. The molecule has 1 heterocycles. The summed E-state index contributed by atoms with van der Waals surface area (Å²) in [6.45, 7) is 3.87. The third kappa shape index (κ3) is 5.03. The van der Waals surface area contributed by atoms with E-state index in [-0.39, 0.29) is 36.4 Å². The smallest absolute Gasteiger partial charge is 0.407 e. The zero-order valence-electron chi connectivity index (χ0n) is 19.9. The molecular formula is C26H28N4O5. The van der Waals surface area contributed by atoms with Gasteiger partial charge in [0.05, 0.1) is 5.69 Å². The summed E-state index contributed by atoms with van der Waals surface area (Å²) in [7, 11) is 1.57. The Labute approximate surface area is 203 Å². The van der Waals surface area contributed by atoms with Gasteiger partial charge in [0, 0.05) is 31.1 Å². The molecule has 35 heavy (non-hydrogen) atoms. The number of nitrogens with one attached hydrogen (secondary N) is 2. The average molecular weight is 477 g/mol. The normalized spacial score (nSPS) is 12.5. The molecule has 9 nitrogen and oxygen atoms in total. The third-order valence-corrected chi connectivity index (χ3v) is 6.26. The number of anilines is 1. The predicted octanol–water partition coefficient (Wildman–Crippen LogP) is 4.01. The Morgan fingerprint density at radius 3 is 2.26 bits per heavy atom. The molecule has 0 atom stereocenters. The van der Waals surface area contributed by atoms with Gasteiger partial charge in [-0.2, -0.15) is 5.10 Å². The van der Waals surface area contributed by atoms with Crippen LogP contribution in [-0.4, -0.2) is 46.0 Å². The van der Waals surface area contributed by atoms with Crippen LogP contribution in [0.25, 0.3) is 11.1 Å². The number of ether oxygens (including phenoxy) is 1. The number of carbonyl (C=O) groups is 3. The average Bonchev–Trinajstić information content (AvgIpc) is 3.35. The molecule has 3 N–H and O–H groups in total. The van der Waals surface area contributed by atoms with Crippen molar-refractivity contribution in [2.45, 2.75) is 26.2 Å². The van der Waals surface area contributed by atoms with Crippen LogP contribution in [0.4, 0.5) is 10.5 Å². The van der Waals surface area contributed by atoms with E-state index in [4.69, 9.17) is 4.74 Å². The van der Waals surface area contributed by atoms with Gasteiger partial charge in [-0.1, -0.05) is 62.4 Å². The van der Waals surface area contributed by atoms with Crippen LogP contribution in [0, 0.1) is 5.41 Å². The van der Waals surface area contributed by atoms with Gasteiger partial charge in [0.15, 0.2) is 5.69 Å². The number of aryl methyl sites for hydroxylation is 1. The molecule has 0 unspecified atom stereocenters. The van der Waals surface area contributed by atoms with Gasteiger partial charge in [-0.3, -0.25) is 9.48 Å². The number of rotatable bonds is 8. The maximum absolute atomic E-state index is 12.7. The molecule has 0 radical (unpaired) electrons. The molecule has 1 aromatic heterocycles. The Morgan fingerprint density at radius 2 is 1.66 bits per heavy atom.